The van der Waals surface area contributed by atoms with E-state index in [1.807, 2.05) is 32.0 Å². The van der Waals surface area contributed by atoms with Crippen molar-refractivity contribution in [2.45, 2.75) is 31.2 Å². The molecule has 1 atom stereocenters. The first-order valence-electron chi connectivity index (χ1n) is 7.12. The first kappa shape index (κ1) is 17.1. The number of nitrogens with one attached hydrogen (secondary N) is 1. The van der Waals surface area contributed by atoms with E-state index >= 15 is 0 Å². The second-order valence-electron chi connectivity index (χ2n) is 5.17. The second-order valence-corrected chi connectivity index (χ2v) is 6.48. The number of nitrogens with zero attached hydrogens (tertiary/aromatic N) is 2. The summed E-state index contributed by atoms with van der Waals surface area (Å²) in [6.45, 7) is 5.59. The zero-order valence-electron chi connectivity index (χ0n) is 13.6. The Morgan fingerprint density at radius 2 is 2.04 bits per heavy atom. The molecule has 0 saturated carbocycles. The van der Waals surface area contributed by atoms with Crippen LogP contribution >= 0.6 is 11.8 Å². The number of thioether (sulfide) groups is 1. The molecule has 0 bridgehead atoms. The van der Waals surface area contributed by atoms with Crippen molar-refractivity contribution in [3.63, 3.8) is 0 Å². The molecule has 23 heavy (non-hydrogen) atoms. The molecule has 1 aromatic carbocycles. The SMILES string of the molecule is COc1ccc(C)cc1NC(=O)[C@@H](C)Sc1nc(C)cc(N)n1. The maximum Gasteiger partial charge on any atom is 0.237 e. The molecule has 0 unspecified atom stereocenters. The highest BCUT2D eigenvalue weighted by atomic mass is 32.2. The van der Waals surface area contributed by atoms with Crippen molar-refractivity contribution in [2.24, 2.45) is 0 Å². The van der Waals surface area contributed by atoms with Gasteiger partial charge >= 0.3 is 0 Å². The van der Waals surface area contributed by atoms with Gasteiger partial charge in [-0.05, 0) is 38.5 Å². The standard InChI is InChI=1S/C16H20N4O2S/c1-9-5-6-13(22-4)12(7-9)19-15(21)11(3)23-16-18-10(2)8-14(17)20-16/h5-8,11H,1-4H3,(H,19,21)(H2,17,18,20)/t11-/m1/s1. The third kappa shape index (κ3) is 4.59. The van der Waals surface area contributed by atoms with E-state index in [9.17, 15) is 4.79 Å². The molecule has 2 rings (SSSR count). The Kier molecular flexibility index (Phi) is 5.44. The minimum absolute atomic E-state index is 0.150. The zero-order valence-corrected chi connectivity index (χ0v) is 14.4. The Bertz CT molecular complexity index is 701. The molecule has 3 N–H and O–H groups in total. The Morgan fingerprint density at radius 3 is 2.70 bits per heavy atom. The van der Waals surface area contributed by atoms with E-state index in [0.717, 1.165) is 11.3 Å². The van der Waals surface area contributed by atoms with Crippen LogP contribution < -0.4 is 15.8 Å². The quantitative estimate of drug-likeness (QED) is 0.646. The van der Waals surface area contributed by atoms with E-state index in [2.05, 4.69) is 15.3 Å². The zero-order chi connectivity index (χ0) is 17.0. The van der Waals surface area contributed by atoms with Crippen molar-refractivity contribution in [3.8, 4) is 5.75 Å². The van der Waals surface area contributed by atoms with Gasteiger partial charge in [0.2, 0.25) is 5.91 Å². The molecule has 0 saturated heterocycles. The summed E-state index contributed by atoms with van der Waals surface area (Å²) >= 11 is 1.26. The highest BCUT2D eigenvalue weighted by Crippen LogP contribution is 2.27. The van der Waals surface area contributed by atoms with Gasteiger partial charge < -0.3 is 15.8 Å². The van der Waals surface area contributed by atoms with Crippen LogP contribution in [-0.2, 0) is 4.79 Å². The summed E-state index contributed by atoms with van der Waals surface area (Å²) in [5.74, 6) is 0.868. The van der Waals surface area contributed by atoms with Gasteiger partial charge in [-0.2, -0.15) is 0 Å². The molecule has 0 spiro atoms. The molecular weight excluding hydrogens is 312 g/mol. The van der Waals surface area contributed by atoms with Crippen LogP contribution in [0.5, 0.6) is 5.75 Å². The molecule has 0 aliphatic heterocycles. The van der Waals surface area contributed by atoms with Crippen LogP contribution in [0.1, 0.15) is 18.2 Å². The lowest BCUT2D eigenvalue weighted by Gasteiger charge is -2.14. The van der Waals surface area contributed by atoms with Crippen molar-refractivity contribution in [3.05, 3.63) is 35.5 Å². The summed E-state index contributed by atoms with van der Waals surface area (Å²) in [7, 11) is 1.57. The highest BCUT2D eigenvalue weighted by molar-refractivity contribution is 8.00. The smallest absolute Gasteiger partial charge is 0.237 e. The lowest BCUT2D eigenvalue weighted by atomic mass is 10.2. The first-order chi connectivity index (χ1) is 10.9. The summed E-state index contributed by atoms with van der Waals surface area (Å²) in [4.78, 5) is 20.8. The van der Waals surface area contributed by atoms with Crippen LogP contribution in [0.3, 0.4) is 0 Å². The van der Waals surface area contributed by atoms with Crippen molar-refractivity contribution in [1.29, 1.82) is 0 Å². The van der Waals surface area contributed by atoms with Gasteiger partial charge in [-0.1, -0.05) is 17.8 Å². The summed E-state index contributed by atoms with van der Waals surface area (Å²) < 4.78 is 5.27. The fourth-order valence-electron chi connectivity index (χ4n) is 1.98. The summed E-state index contributed by atoms with van der Waals surface area (Å²) in [6.07, 6.45) is 0. The molecule has 0 fully saturated rings. The number of methoxy groups -OCH3 is 1. The summed E-state index contributed by atoms with van der Waals surface area (Å²) in [5, 5.41) is 2.99. The van der Waals surface area contributed by atoms with Crippen molar-refractivity contribution in [1.82, 2.24) is 9.97 Å². The number of nitrogens with two attached hydrogens (primary N) is 1. The van der Waals surface area contributed by atoms with Crippen molar-refractivity contribution >= 4 is 29.2 Å². The number of aromatic nitrogens is 2. The number of nitrogen functional groups attached to an aromatic ring is 1. The summed E-state index contributed by atoms with van der Waals surface area (Å²) in [5.41, 5.74) is 8.17. The topological polar surface area (TPSA) is 90.1 Å². The number of benzene rings is 1. The Labute approximate surface area is 139 Å². The monoisotopic (exact) mass is 332 g/mol. The lowest BCUT2D eigenvalue weighted by molar-refractivity contribution is -0.115. The van der Waals surface area contributed by atoms with Gasteiger partial charge in [-0.3, -0.25) is 4.79 Å². The van der Waals surface area contributed by atoms with E-state index < -0.39 is 0 Å². The molecule has 7 heteroatoms. The van der Waals surface area contributed by atoms with E-state index in [0.29, 0.717) is 22.4 Å². The van der Waals surface area contributed by atoms with Crippen molar-refractivity contribution in [2.75, 3.05) is 18.2 Å². The van der Waals surface area contributed by atoms with Crippen molar-refractivity contribution < 1.29 is 9.53 Å². The molecule has 6 nitrogen and oxygen atoms in total. The molecule has 1 amide bonds. The predicted octanol–water partition coefficient (Wildman–Crippen LogP) is 2.80. The summed E-state index contributed by atoms with van der Waals surface area (Å²) in [6, 6.07) is 7.31. The molecule has 122 valence electrons. The van der Waals surface area contributed by atoms with Gasteiger partial charge in [0.15, 0.2) is 5.16 Å². The highest BCUT2D eigenvalue weighted by Gasteiger charge is 2.18. The number of anilines is 2. The molecule has 2 aromatic rings. The second kappa shape index (κ2) is 7.32. The van der Waals surface area contributed by atoms with E-state index in [1.165, 1.54) is 11.8 Å². The number of hydrogen-bond acceptors (Lipinski definition) is 6. The van der Waals surface area contributed by atoms with Crippen LogP contribution in [0.25, 0.3) is 0 Å². The molecule has 1 heterocycles. The fourth-order valence-corrected chi connectivity index (χ4v) is 2.82. The van der Waals surface area contributed by atoms with Gasteiger partial charge in [0.25, 0.3) is 0 Å². The van der Waals surface area contributed by atoms with Gasteiger partial charge in [0, 0.05) is 11.8 Å². The van der Waals surface area contributed by atoms with E-state index in [-0.39, 0.29) is 11.2 Å². The average molecular weight is 332 g/mol. The van der Waals surface area contributed by atoms with Gasteiger partial charge in [0.05, 0.1) is 18.0 Å². The maximum absolute atomic E-state index is 12.4. The number of ether oxygens (including phenoxy) is 1. The minimum Gasteiger partial charge on any atom is -0.495 e. The normalized spacial score (nSPS) is 11.8. The molecule has 0 radical (unpaired) electrons. The van der Waals surface area contributed by atoms with Gasteiger partial charge in [-0.25, -0.2) is 9.97 Å². The predicted molar refractivity (Wildman–Crippen MR) is 92.9 cm³/mol. The number of amides is 1. The fraction of sp³-hybridized carbons (Fsp3) is 0.312. The molecule has 0 aliphatic carbocycles. The van der Waals surface area contributed by atoms with E-state index in [4.69, 9.17) is 10.5 Å². The first-order valence-corrected chi connectivity index (χ1v) is 8.00. The van der Waals surface area contributed by atoms with Crippen LogP contribution in [-0.4, -0.2) is 28.2 Å². The molecular formula is C16H20N4O2S. The van der Waals surface area contributed by atoms with Crippen LogP contribution in [0.2, 0.25) is 0 Å². The molecule has 1 aromatic heterocycles. The lowest BCUT2D eigenvalue weighted by Crippen LogP contribution is -2.23. The van der Waals surface area contributed by atoms with E-state index in [1.54, 1.807) is 20.1 Å². The minimum atomic E-state index is -0.374. The van der Waals surface area contributed by atoms with Gasteiger partial charge in [0.1, 0.15) is 11.6 Å². The number of aryl methyl sites for hydroxylation is 2. The third-order valence-electron chi connectivity index (χ3n) is 3.12. The number of carbonyl (C=O) groups is 1. The number of rotatable bonds is 5. The van der Waals surface area contributed by atoms with Crippen LogP contribution in [0.15, 0.2) is 29.4 Å². The Morgan fingerprint density at radius 1 is 1.30 bits per heavy atom. The largest absolute Gasteiger partial charge is 0.495 e. The average Bonchev–Trinajstić information content (AvgIpc) is 2.46. The van der Waals surface area contributed by atoms with Crippen LogP contribution in [0, 0.1) is 13.8 Å². The number of carbonyl (C=O) groups excluding carboxylic acids is 1. The maximum atomic E-state index is 12.4. The Balaban J connectivity index is 2.09. The molecule has 0 aliphatic rings. The van der Waals surface area contributed by atoms with Crippen LogP contribution in [0.4, 0.5) is 11.5 Å². The third-order valence-corrected chi connectivity index (χ3v) is 4.08. The van der Waals surface area contributed by atoms with Gasteiger partial charge in [-0.15, -0.1) is 0 Å². The Hall–Kier alpha value is -2.28. The number of hydrogen-bond donors (Lipinski definition) is 2.